The van der Waals surface area contributed by atoms with Gasteiger partial charge >= 0.3 is 11.9 Å². The highest BCUT2D eigenvalue weighted by Gasteiger charge is 2.31. The second-order valence-electron chi connectivity index (χ2n) is 4.19. The summed E-state index contributed by atoms with van der Waals surface area (Å²) in [6, 6.07) is 0. The van der Waals surface area contributed by atoms with Gasteiger partial charge in [0.25, 0.3) is 0 Å². The maximum Gasteiger partial charge on any atom is 0.309 e. The summed E-state index contributed by atoms with van der Waals surface area (Å²) in [7, 11) is 0. The summed E-state index contributed by atoms with van der Waals surface area (Å²) in [4.78, 5) is 23.0. The lowest BCUT2D eigenvalue weighted by atomic mass is 9.82. The average molecular weight is 244 g/mol. The van der Waals surface area contributed by atoms with Crippen molar-refractivity contribution in [2.24, 2.45) is 11.8 Å². The summed E-state index contributed by atoms with van der Waals surface area (Å²) in [5.41, 5.74) is 0. The Morgan fingerprint density at radius 1 is 1.06 bits per heavy atom. The smallest absolute Gasteiger partial charge is 0.309 e. The lowest BCUT2D eigenvalue weighted by Crippen LogP contribution is -2.28. The van der Waals surface area contributed by atoms with Gasteiger partial charge in [-0.15, -0.1) is 0 Å². The first kappa shape index (κ1) is 14.0. The molecule has 1 saturated carbocycles. The minimum Gasteiger partial charge on any atom is -0.466 e. The standard InChI is InChI=1S/C12H20O5/c1-2-16-11(14)9-3-5-10(6-4-9)12(15)17-8-7-13/h9-10,13H,2-8H2,1H3. The summed E-state index contributed by atoms with van der Waals surface area (Å²) in [6.07, 6.45) is 2.68. The molecule has 0 saturated heterocycles. The van der Waals surface area contributed by atoms with E-state index in [-0.39, 0.29) is 37.0 Å². The zero-order valence-corrected chi connectivity index (χ0v) is 10.2. The first-order valence-electron chi connectivity index (χ1n) is 6.13. The number of hydrogen-bond donors (Lipinski definition) is 1. The van der Waals surface area contributed by atoms with E-state index in [0.29, 0.717) is 32.3 Å². The third kappa shape index (κ3) is 4.34. The van der Waals surface area contributed by atoms with E-state index in [1.165, 1.54) is 0 Å². The molecule has 1 aliphatic carbocycles. The van der Waals surface area contributed by atoms with Gasteiger partial charge in [-0.3, -0.25) is 9.59 Å². The number of rotatable bonds is 5. The van der Waals surface area contributed by atoms with E-state index in [1.54, 1.807) is 6.92 Å². The molecule has 0 aromatic rings. The van der Waals surface area contributed by atoms with Crippen molar-refractivity contribution in [1.82, 2.24) is 0 Å². The molecule has 0 aliphatic heterocycles. The van der Waals surface area contributed by atoms with Crippen LogP contribution in [-0.2, 0) is 19.1 Å². The van der Waals surface area contributed by atoms with Gasteiger partial charge in [-0.25, -0.2) is 0 Å². The maximum atomic E-state index is 11.5. The van der Waals surface area contributed by atoms with Gasteiger partial charge in [0, 0.05) is 0 Å². The molecular formula is C12H20O5. The Balaban J connectivity index is 2.30. The lowest BCUT2D eigenvalue weighted by Gasteiger charge is -2.25. The molecule has 0 amide bonds. The fraction of sp³-hybridized carbons (Fsp3) is 0.833. The first-order chi connectivity index (χ1) is 8.19. The number of hydrogen-bond acceptors (Lipinski definition) is 5. The van der Waals surface area contributed by atoms with Gasteiger partial charge in [0.15, 0.2) is 0 Å². The van der Waals surface area contributed by atoms with E-state index in [4.69, 9.17) is 14.6 Å². The van der Waals surface area contributed by atoms with E-state index in [2.05, 4.69) is 0 Å². The largest absolute Gasteiger partial charge is 0.466 e. The van der Waals surface area contributed by atoms with E-state index in [1.807, 2.05) is 0 Å². The van der Waals surface area contributed by atoms with Crippen LogP contribution in [0.25, 0.3) is 0 Å². The SMILES string of the molecule is CCOC(=O)C1CCC(C(=O)OCCO)CC1. The van der Waals surface area contributed by atoms with Crippen LogP contribution in [0.3, 0.4) is 0 Å². The minimum absolute atomic E-state index is 0.0522. The maximum absolute atomic E-state index is 11.5. The first-order valence-corrected chi connectivity index (χ1v) is 6.13. The van der Waals surface area contributed by atoms with Crippen molar-refractivity contribution in [2.45, 2.75) is 32.6 Å². The number of esters is 2. The summed E-state index contributed by atoms with van der Waals surface area (Å²) in [5, 5.41) is 8.55. The van der Waals surface area contributed by atoms with E-state index in [9.17, 15) is 9.59 Å². The highest BCUT2D eigenvalue weighted by atomic mass is 16.5. The van der Waals surface area contributed by atoms with Gasteiger partial charge in [-0.1, -0.05) is 0 Å². The van der Waals surface area contributed by atoms with Crippen LogP contribution in [0.4, 0.5) is 0 Å². The molecule has 0 aromatic carbocycles. The molecule has 0 unspecified atom stereocenters. The summed E-state index contributed by atoms with van der Waals surface area (Å²) < 4.78 is 9.82. The molecule has 1 N–H and O–H groups in total. The quantitative estimate of drug-likeness (QED) is 0.727. The van der Waals surface area contributed by atoms with Crippen molar-refractivity contribution < 1.29 is 24.2 Å². The average Bonchev–Trinajstić information content (AvgIpc) is 2.36. The molecule has 0 aromatic heterocycles. The molecule has 0 radical (unpaired) electrons. The zero-order chi connectivity index (χ0) is 12.7. The van der Waals surface area contributed by atoms with Gasteiger partial charge < -0.3 is 14.6 Å². The van der Waals surface area contributed by atoms with Crippen LogP contribution in [0, 0.1) is 11.8 Å². The second-order valence-corrected chi connectivity index (χ2v) is 4.19. The number of aliphatic hydroxyl groups is 1. The predicted molar refractivity (Wildman–Crippen MR) is 60.1 cm³/mol. The Morgan fingerprint density at radius 3 is 1.94 bits per heavy atom. The Hall–Kier alpha value is -1.10. The van der Waals surface area contributed by atoms with Crippen molar-refractivity contribution in [1.29, 1.82) is 0 Å². The fourth-order valence-electron chi connectivity index (χ4n) is 2.09. The predicted octanol–water partition coefficient (Wildman–Crippen LogP) is 0.891. The number of aliphatic hydroxyl groups excluding tert-OH is 1. The summed E-state index contributed by atoms with van der Waals surface area (Å²) in [6.45, 7) is 2.09. The zero-order valence-electron chi connectivity index (χ0n) is 10.2. The van der Waals surface area contributed by atoms with E-state index < -0.39 is 0 Å². The van der Waals surface area contributed by atoms with Crippen LogP contribution in [0.15, 0.2) is 0 Å². The Morgan fingerprint density at radius 2 is 1.53 bits per heavy atom. The molecule has 0 atom stereocenters. The summed E-state index contributed by atoms with van der Waals surface area (Å²) in [5.74, 6) is -0.625. The molecule has 98 valence electrons. The van der Waals surface area contributed by atoms with Gasteiger partial charge in [-0.05, 0) is 32.6 Å². The van der Waals surface area contributed by atoms with Crippen molar-refractivity contribution in [3.05, 3.63) is 0 Å². The number of carbonyl (C=O) groups excluding carboxylic acids is 2. The molecule has 1 fully saturated rings. The molecule has 0 spiro atoms. The van der Waals surface area contributed by atoms with Crippen LogP contribution < -0.4 is 0 Å². The van der Waals surface area contributed by atoms with Crippen molar-refractivity contribution >= 4 is 11.9 Å². The Kier molecular flexibility index (Phi) is 5.97. The highest BCUT2D eigenvalue weighted by Crippen LogP contribution is 2.30. The van der Waals surface area contributed by atoms with E-state index in [0.717, 1.165) is 0 Å². The molecule has 5 nitrogen and oxygen atoms in total. The highest BCUT2D eigenvalue weighted by molar-refractivity contribution is 5.75. The lowest BCUT2D eigenvalue weighted by molar-refractivity contribution is -0.155. The van der Waals surface area contributed by atoms with Gasteiger partial charge in [0.1, 0.15) is 6.61 Å². The monoisotopic (exact) mass is 244 g/mol. The molecule has 0 bridgehead atoms. The molecule has 5 heteroatoms. The van der Waals surface area contributed by atoms with Crippen LogP contribution in [0.5, 0.6) is 0 Å². The van der Waals surface area contributed by atoms with Crippen LogP contribution in [-0.4, -0.2) is 36.9 Å². The van der Waals surface area contributed by atoms with Crippen molar-refractivity contribution in [3.63, 3.8) is 0 Å². The number of ether oxygens (including phenoxy) is 2. The van der Waals surface area contributed by atoms with Crippen molar-refractivity contribution in [3.8, 4) is 0 Å². The number of carbonyl (C=O) groups is 2. The fourth-order valence-corrected chi connectivity index (χ4v) is 2.09. The van der Waals surface area contributed by atoms with Gasteiger partial charge in [0.2, 0.25) is 0 Å². The van der Waals surface area contributed by atoms with Crippen LogP contribution in [0.1, 0.15) is 32.6 Å². The third-order valence-electron chi connectivity index (χ3n) is 3.02. The Bertz CT molecular complexity index is 256. The third-order valence-corrected chi connectivity index (χ3v) is 3.02. The molecule has 0 heterocycles. The van der Waals surface area contributed by atoms with Gasteiger partial charge in [0.05, 0.1) is 25.0 Å². The molecular weight excluding hydrogens is 224 g/mol. The minimum atomic E-state index is -0.263. The van der Waals surface area contributed by atoms with E-state index >= 15 is 0 Å². The topological polar surface area (TPSA) is 72.8 Å². The van der Waals surface area contributed by atoms with Crippen LogP contribution in [0.2, 0.25) is 0 Å². The molecule has 1 aliphatic rings. The molecule has 1 rings (SSSR count). The van der Waals surface area contributed by atoms with Crippen molar-refractivity contribution in [2.75, 3.05) is 19.8 Å². The normalized spacial score (nSPS) is 24.1. The molecule has 17 heavy (non-hydrogen) atoms. The second kappa shape index (κ2) is 7.27. The summed E-state index contributed by atoms with van der Waals surface area (Å²) >= 11 is 0. The van der Waals surface area contributed by atoms with Crippen LogP contribution >= 0.6 is 0 Å². The Labute approximate surface area is 101 Å². The van der Waals surface area contributed by atoms with Gasteiger partial charge in [-0.2, -0.15) is 0 Å².